The van der Waals surface area contributed by atoms with Gasteiger partial charge in [0.2, 0.25) is 0 Å². The molecule has 1 amide bonds. The lowest BCUT2D eigenvalue weighted by Gasteiger charge is -2.33. The quantitative estimate of drug-likeness (QED) is 0.773. The number of nitrogens with one attached hydrogen (secondary N) is 2. The maximum atomic E-state index is 13.6. The fourth-order valence-electron chi connectivity index (χ4n) is 2.94. The molecule has 0 spiro atoms. The fraction of sp³-hybridized carbons (Fsp3) is 0.278. The lowest BCUT2D eigenvalue weighted by Crippen LogP contribution is -3.15. The molecule has 2 aromatic rings. The number of hydrogen-bond acceptors (Lipinski definition) is 3. The van der Waals surface area contributed by atoms with Gasteiger partial charge in [-0.25, -0.2) is 8.78 Å². The van der Waals surface area contributed by atoms with Crippen molar-refractivity contribution in [2.45, 2.75) is 0 Å². The zero-order valence-electron chi connectivity index (χ0n) is 13.6. The highest BCUT2D eigenvalue weighted by Gasteiger charge is 2.22. The zero-order valence-corrected chi connectivity index (χ0v) is 13.6. The van der Waals surface area contributed by atoms with Gasteiger partial charge < -0.3 is 20.2 Å². The predicted octanol–water partition coefficient (Wildman–Crippen LogP) is 1.01. The van der Waals surface area contributed by atoms with Gasteiger partial charge in [-0.05, 0) is 36.4 Å². The first-order valence-electron chi connectivity index (χ1n) is 8.14. The molecule has 5 nitrogen and oxygen atoms in total. The van der Waals surface area contributed by atoms with Crippen molar-refractivity contribution in [2.75, 3.05) is 42.9 Å². The van der Waals surface area contributed by atoms with Gasteiger partial charge in [0.15, 0.2) is 6.54 Å². The third kappa shape index (κ3) is 4.45. The molecule has 0 aromatic heterocycles. The molecule has 3 rings (SSSR count). The predicted molar refractivity (Wildman–Crippen MR) is 90.9 cm³/mol. The molecule has 1 aliphatic heterocycles. The van der Waals surface area contributed by atoms with E-state index in [1.54, 1.807) is 12.1 Å². The Morgan fingerprint density at radius 3 is 2.48 bits per heavy atom. The Balaban J connectivity index is 1.51. The molecule has 0 aliphatic carbocycles. The topological polar surface area (TPSA) is 57.0 Å². The number of aromatic hydroxyl groups is 1. The van der Waals surface area contributed by atoms with Crippen LogP contribution in [0.2, 0.25) is 0 Å². The normalized spacial score (nSPS) is 15.2. The van der Waals surface area contributed by atoms with Gasteiger partial charge in [0.05, 0.1) is 31.9 Å². The van der Waals surface area contributed by atoms with Crippen LogP contribution >= 0.6 is 0 Å². The molecule has 0 radical (unpaired) electrons. The number of nitrogens with zero attached hydrogens (tertiary/aromatic N) is 1. The van der Waals surface area contributed by atoms with Gasteiger partial charge in [-0.2, -0.15) is 0 Å². The van der Waals surface area contributed by atoms with Crippen molar-refractivity contribution in [2.24, 2.45) is 0 Å². The molecule has 1 heterocycles. The van der Waals surface area contributed by atoms with E-state index in [4.69, 9.17) is 0 Å². The Labute approximate surface area is 144 Å². The van der Waals surface area contributed by atoms with Gasteiger partial charge in [-0.3, -0.25) is 4.79 Å². The average molecular weight is 348 g/mol. The lowest BCUT2D eigenvalue weighted by molar-refractivity contribution is -0.892. The number of amides is 1. The van der Waals surface area contributed by atoms with Crippen LogP contribution in [0.25, 0.3) is 0 Å². The van der Waals surface area contributed by atoms with E-state index >= 15 is 0 Å². The number of carbonyl (C=O) groups excluding carboxylic acids is 1. The number of rotatable bonds is 4. The molecule has 1 fully saturated rings. The highest BCUT2D eigenvalue weighted by atomic mass is 19.1. The molecule has 2 aromatic carbocycles. The first kappa shape index (κ1) is 17.2. The van der Waals surface area contributed by atoms with Gasteiger partial charge in [-0.15, -0.1) is 0 Å². The Morgan fingerprint density at radius 1 is 1.12 bits per heavy atom. The Bertz CT molecular complexity index is 744. The number of quaternary nitrogens is 1. The van der Waals surface area contributed by atoms with Crippen LogP contribution in [0.4, 0.5) is 20.2 Å². The summed E-state index contributed by atoms with van der Waals surface area (Å²) in [6, 6.07) is 10.0. The molecule has 0 bridgehead atoms. The van der Waals surface area contributed by atoms with Crippen LogP contribution in [0.15, 0.2) is 42.5 Å². The smallest absolute Gasteiger partial charge is 0.279 e. The molecular formula is C18H20F2N3O2+. The molecule has 0 unspecified atom stereocenters. The summed E-state index contributed by atoms with van der Waals surface area (Å²) in [5, 5.41) is 11.8. The summed E-state index contributed by atoms with van der Waals surface area (Å²) in [4.78, 5) is 15.3. The van der Waals surface area contributed by atoms with Crippen molar-refractivity contribution < 1.29 is 23.6 Å². The maximum Gasteiger partial charge on any atom is 0.279 e. The van der Waals surface area contributed by atoms with E-state index in [9.17, 15) is 18.7 Å². The van der Waals surface area contributed by atoms with Crippen LogP contribution in [-0.2, 0) is 4.79 Å². The van der Waals surface area contributed by atoms with E-state index in [0.29, 0.717) is 0 Å². The summed E-state index contributed by atoms with van der Waals surface area (Å²) in [6.45, 7) is 3.29. The Hall–Kier alpha value is -2.67. The van der Waals surface area contributed by atoms with Crippen molar-refractivity contribution in [3.8, 4) is 5.75 Å². The van der Waals surface area contributed by atoms with E-state index in [2.05, 4.69) is 10.2 Å². The standard InChI is InChI=1S/C18H19F2N3O2/c19-13-1-6-16(20)17(11-13)21-18(25)12-22-7-9-23(10-8-22)14-2-4-15(24)5-3-14/h1-6,11,24H,7-10,12H2,(H,21,25)/p+1. The number of carbonyl (C=O) groups is 1. The van der Waals surface area contributed by atoms with Crippen molar-refractivity contribution in [1.29, 1.82) is 0 Å². The minimum absolute atomic E-state index is 0.132. The first-order valence-corrected chi connectivity index (χ1v) is 8.14. The fourth-order valence-corrected chi connectivity index (χ4v) is 2.94. The summed E-state index contributed by atoms with van der Waals surface area (Å²) in [5.41, 5.74) is 0.898. The minimum atomic E-state index is -0.651. The summed E-state index contributed by atoms with van der Waals surface area (Å²) in [6.07, 6.45) is 0. The van der Waals surface area contributed by atoms with Crippen LogP contribution in [-0.4, -0.2) is 43.7 Å². The number of halogens is 2. The summed E-state index contributed by atoms with van der Waals surface area (Å²) in [5.74, 6) is -1.35. The third-order valence-corrected chi connectivity index (χ3v) is 4.30. The van der Waals surface area contributed by atoms with Crippen molar-refractivity contribution in [3.63, 3.8) is 0 Å². The second-order valence-electron chi connectivity index (χ2n) is 6.10. The van der Waals surface area contributed by atoms with Crippen LogP contribution < -0.4 is 15.1 Å². The molecule has 7 heteroatoms. The molecular weight excluding hydrogens is 328 g/mol. The second kappa shape index (κ2) is 7.48. The van der Waals surface area contributed by atoms with Crippen molar-refractivity contribution in [3.05, 3.63) is 54.1 Å². The van der Waals surface area contributed by atoms with Gasteiger partial charge in [-0.1, -0.05) is 0 Å². The lowest BCUT2D eigenvalue weighted by atomic mass is 10.2. The van der Waals surface area contributed by atoms with Crippen molar-refractivity contribution >= 4 is 17.3 Å². The summed E-state index contributed by atoms with van der Waals surface area (Å²) >= 11 is 0. The van der Waals surface area contributed by atoms with Crippen LogP contribution in [0.1, 0.15) is 0 Å². The molecule has 1 aliphatic rings. The highest BCUT2D eigenvalue weighted by molar-refractivity contribution is 5.91. The van der Waals surface area contributed by atoms with E-state index in [-0.39, 0.29) is 23.9 Å². The highest BCUT2D eigenvalue weighted by Crippen LogP contribution is 2.18. The summed E-state index contributed by atoms with van der Waals surface area (Å²) < 4.78 is 26.7. The molecule has 1 saturated heterocycles. The number of hydrogen-bond donors (Lipinski definition) is 3. The van der Waals surface area contributed by atoms with E-state index in [0.717, 1.165) is 55.0 Å². The maximum absolute atomic E-state index is 13.6. The number of phenols is 1. The summed E-state index contributed by atoms with van der Waals surface area (Å²) in [7, 11) is 0. The Morgan fingerprint density at radius 2 is 1.80 bits per heavy atom. The van der Waals surface area contributed by atoms with E-state index < -0.39 is 11.6 Å². The third-order valence-electron chi connectivity index (χ3n) is 4.30. The largest absolute Gasteiger partial charge is 0.508 e. The number of piperazine rings is 1. The monoisotopic (exact) mass is 348 g/mol. The van der Waals surface area contributed by atoms with E-state index in [1.807, 2.05) is 12.1 Å². The minimum Gasteiger partial charge on any atom is -0.508 e. The zero-order chi connectivity index (χ0) is 17.8. The average Bonchev–Trinajstić information content (AvgIpc) is 2.59. The van der Waals surface area contributed by atoms with Gasteiger partial charge in [0.1, 0.15) is 17.4 Å². The molecule has 0 saturated carbocycles. The molecule has 0 atom stereocenters. The van der Waals surface area contributed by atoms with Gasteiger partial charge >= 0.3 is 0 Å². The van der Waals surface area contributed by atoms with Crippen LogP contribution in [0.5, 0.6) is 5.75 Å². The van der Waals surface area contributed by atoms with Crippen LogP contribution in [0, 0.1) is 11.6 Å². The first-order chi connectivity index (χ1) is 12.0. The number of benzene rings is 2. The van der Waals surface area contributed by atoms with Crippen LogP contribution in [0.3, 0.4) is 0 Å². The van der Waals surface area contributed by atoms with E-state index in [1.165, 1.54) is 0 Å². The SMILES string of the molecule is O=C(C[NH+]1CCN(c2ccc(O)cc2)CC1)Nc1cc(F)ccc1F. The molecule has 132 valence electrons. The molecule has 25 heavy (non-hydrogen) atoms. The van der Waals surface area contributed by atoms with Crippen molar-refractivity contribution in [1.82, 2.24) is 0 Å². The number of anilines is 2. The molecule has 3 N–H and O–H groups in total. The number of phenolic OH excluding ortho intramolecular Hbond substituents is 1. The second-order valence-corrected chi connectivity index (χ2v) is 6.10. The Kier molecular flexibility index (Phi) is 5.14. The van der Waals surface area contributed by atoms with Gasteiger partial charge in [0.25, 0.3) is 5.91 Å². The van der Waals surface area contributed by atoms with Gasteiger partial charge in [0, 0.05) is 11.8 Å².